The average molecular weight is 388 g/mol. The van der Waals surface area contributed by atoms with E-state index in [1.54, 1.807) is 22.9 Å². The van der Waals surface area contributed by atoms with E-state index >= 15 is 0 Å². The van der Waals surface area contributed by atoms with Gasteiger partial charge in [0, 0.05) is 16.2 Å². The van der Waals surface area contributed by atoms with Gasteiger partial charge < -0.3 is 10.3 Å². The van der Waals surface area contributed by atoms with E-state index in [0.29, 0.717) is 10.2 Å². The van der Waals surface area contributed by atoms with Crippen LogP contribution in [-0.4, -0.2) is 16.8 Å². The lowest BCUT2D eigenvalue weighted by atomic mass is 9.88. The van der Waals surface area contributed by atoms with Crippen LogP contribution in [0.4, 0.5) is 13.2 Å². The van der Waals surface area contributed by atoms with Gasteiger partial charge in [-0.05, 0) is 30.3 Å². The summed E-state index contributed by atoms with van der Waals surface area (Å²) in [6, 6.07) is 7.30. The van der Waals surface area contributed by atoms with E-state index < -0.39 is 17.8 Å². The number of hydrogen-bond donors (Lipinski definition) is 1. The molecular weight excluding hydrogens is 371 g/mol. The molecule has 2 aromatic rings. The van der Waals surface area contributed by atoms with Crippen molar-refractivity contribution in [3.05, 3.63) is 58.1 Å². The number of aliphatic imine (C=N–C) groups is 1. The molecule has 1 aromatic carbocycles. The van der Waals surface area contributed by atoms with Gasteiger partial charge in [0.25, 0.3) is 6.43 Å². The molecule has 2 heterocycles. The van der Waals surface area contributed by atoms with Crippen molar-refractivity contribution in [2.45, 2.75) is 32.4 Å². The first-order valence-electron chi connectivity index (χ1n) is 7.18. The fourth-order valence-corrected chi connectivity index (χ4v) is 2.92. The largest absolute Gasteiger partial charge is 0.382 e. The lowest BCUT2D eigenvalue weighted by Gasteiger charge is -2.34. The van der Waals surface area contributed by atoms with Gasteiger partial charge in [0.1, 0.15) is 11.7 Å². The Morgan fingerprint density at radius 1 is 1.30 bits per heavy atom. The zero-order valence-corrected chi connectivity index (χ0v) is 14.3. The Kier molecular flexibility index (Phi) is 5.19. The molecule has 0 fully saturated rings. The topological polar surface area (TPSA) is 43.3 Å². The van der Waals surface area contributed by atoms with E-state index in [-0.39, 0.29) is 17.9 Å². The second-order valence-electron chi connectivity index (χ2n) is 4.87. The Bertz CT molecular complexity index is 727. The highest BCUT2D eigenvalue weighted by atomic mass is 79.9. The average Bonchev–Trinajstić information content (AvgIpc) is 3.00. The monoisotopic (exact) mass is 387 g/mol. The second kappa shape index (κ2) is 6.78. The van der Waals surface area contributed by atoms with Gasteiger partial charge in [-0.2, -0.15) is 0 Å². The molecule has 0 spiro atoms. The molecule has 23 heavy (non-hydrogen) atoms. The first-order chi connectivity index (χ1) is 10.9. The van der Waals surface area contributed by atoms with Crippen LogP contribution in [0.1, 0.15) is 25.1 Å². The van der Waals surface area contributed by atoms with Crippen molar-refractivity contribution >= 4 is 21.8 Å². The molecule has 1 atom stereocenters. The van der Waals surface area contributed by atoms with Gasteiger partial charge in [-0.15, -0.1) is 0 Å². The number of hydrogen-bond acceptors (Lipinski definition) is 2. The lowest BCUT2D eigenvalue weighted by molar-refractivity contribution is 0.0387. The highest BCUT2D eigenvalue weighted by molar-refractivity contribution is 9.10. The minimum absolute atomic E-state index is 0.0223. The number of rotatable bonds is 2. The van der Waals surface area contributed by atoms with Crippen LogP contribution in [0.5, 0.6) is 0 Å². The van der Waals surface area contributed by atoms with Gasteiger partial charge >= 0.3 is 0 Å². The summed E-state index contributed by atoms with van der Waals surface area (Å²) in [5, 5.41) is 0. The molecule has 1 aliphatic rings. The summed E-state index contributed by atoms with van der Waals surface area (Å²) in [5.41, 5.74) is 4.15. The molecule has 0 saturated heterocycles. The quantitative estimate of drug-likeness (QED) is 0.820. The minimum Gasteiger partial charge on any atom is -0.382 e. The molecule has 0 saturated carbocycles. The molecule has 0 aliphatic carbocycles. The molecule has 1 unspecified atom stereocenters. The van der Waals surface area contributed by atoms with Gasteiger partial charge in [-0.25, -0.2) is 18.2 Å². The van der Waals surface area contributed by atoms with Crippen LogP contribution in [0.3, 0.4) is 0 Å². The van der Waals surface area contributed by atoms with E-state index in [1.165, 1.54) is 12.1 Å². The summed E-state index contributed by atoms with van der Waals surface area (Å²) in [6.45, 7) is 3.83. The van der Waals surface area contributed by atoms with Crippen molar-refractivity contribution in [2.24, 2.45) is 10.7 Å². The van der Waals surface area contributed by atoms with Crippen LogP contribution in [0.15, 0.2) is 46.0 Å². The molecule has 124 valence electrons. The summed E-state index contributed by atoms with van der Waals surface area (Å²) >= 11 is 3.18. The van der Waals surface area contributed by atoms with Crippen LogP contribution in [-0.2, 0) is 12.1 Å². The summed E-state index contributed by atoms with van der Waals surface area (Å²) in [7, 11) is 0. The van der Waals surface area contributed by atoms with Gasteiger partial charge in [-0.1, -0.05) is 29.8 Å². The summed E-state index contributed by atoms with van der Waals surface area (Å²) < 4.78 is 43.8. The molecule has 1 aromatic heterocycles. The van der Waals surface area contributed by atoms with Gasteiger partial charge in [0.15, 0.2) is 5.54 Å². The smallest absolute Gasteiger partial charge is 0.269 e. The molecule has 0 bridgehead atoms. The van der Waals surface area contributed by atoms with Crippen molar-refractivity contribution < 1.29 is 13.2 Å². The third kappa shape index (κ3) is 3.02. The minimum atomic E-state index is -2.89. The van der Waals surface area contributed by atoms with Crippen LogP contribution in [0, 0.1) is 5.82 Å². The molecule has 1 aliphatic heterocycles. The number of nitrogens with zero attached hydrogens (tertiary/aromatic N) is 2. The number of aromatic nitrogens is 1. The van der Waals surface area contributed by atoms with Gasteiger partial charge in [-0.3, -0.25) is 0 Å². The third-order valence-corrected chi connectivity index (χ3v) is 4.07. The van der Waals surface area contributed by atoms with E-state index in [2.05, 4.69) is 20.9 Å². The normalized spacial score (nSPS) is 19.7. The maximum absolute atomic E-state index is 14.1. The highest BCUT2D eigenvalue weighted by Gasteiger charge is 2.46. The Morgan fingerprint density at radius 3 is 2.65 bits per heavy atom. The van der Waals surface area contributed by atoms with E-state index in [0.717, 1.165) is 6.07 Å². The van der Waals surface area contributed by atoms with Crippen LogP contribution < -0.4 is 5.73 Å². The Hall–Kier alpha value is -1.76. The summed E-state index contributed by atoms with van der Waals surface area (Å²) in [5.74, 6) is -0.753. The number of benzene rings is 1. The standard InChI is InChI=1S/C14H11BrF3N3.C2H6/c15-8-3-4-10(16)9(6-8)14(13(17)18)7-21-5-1-2-11(21)12(19)20-14;1-2/h1-6,13H,7H2,(H2,19,20);1-2H3. The molecule has 3 nitrogen and oxygen atoms in total. The molecule has 0 radical (unpaired) electrons. The van der Waals surface area contributed by atoms with E-state index in [9.17, 15) is 13.2 Å². The number of nitrogens with two attached hydrogens (primary N) is 1. The van der Waals surface area contributed by atoms with E-state index in [4.69, 9.17) is 5.73 Å². The van der Waals surface area contributed by atoms with Gasteiger partial charge in [0.05, 0.1) is 12.2 Å². The summed E-state index contributed by atoms with van der Waals surface area (Å²) in [4.78, 5) is 3.96. The Morgan fingerprint density at radius 2 is 2.00 bits per heavy atom. The van der Waals surface area contributed by atoms with Crippen molar-refractivity contribution in [2.75, 3.05) is 0 Å². The Labute approximate surface area is 141 Å². The number of alkyl halides is 2. The maximum Gasteiger partial charge on any atom is 0.269 e. The number of halogens is 4. The SMILES string of the molecule is CC.NC1=NC(c2cc(Br)ccc2F)(C(F)F)Cn2cccc21. The molecular formula is C16H17BrF3N3. The molecule has 3 rings (SSSR count). The zero-order chi connectivity index (χ0) is 17.2. The van der Waals surface area contributed by atoms with Crippen LogP contribution in [0.25, 0.3) is 0 Å². The maximum atomic E-state index is 14.1. The predicted octanol–water partition coefficient (Wildman–Crippen LogP) is 4.30. The fourth-order valence-electron chi connectivity index (χ4n) is 2.56. The predicted molar refractivity (Wildman–Crippen MR) is 88.3 cm³/mol. The fraction of sp³-hybridized carbons (Fsp3) is 0.312. The highest BCUT2D eigenvalue weighted by Crippen LogP contribution is 2.40. The van der Waals surface area contributed by atoms with Crippen molar-refractivity contribution in [1.82, 2.24) is 4.57 Å². The molecule has 2 N–H and O–H groups in total. The first-order valence-corrected chi connectivity index (χ1v) is 7.98. The number of amidine groups is 1. The lowest BCUT2D eigenvalue weighted by Crippen LogP contribution is -2.44. The van der Waals surface area contributed by atoms with Crippen molar-refractivity contribution in [3.8, 4) is 0 Å². The second-order valence-corrected chi connectivity index (χ2v) is 5.78. The van der Waals surface area contributed by atoms with E-state index in [1.807, 2.05) is 13.8 Å². The Balaban J connectivity index is 0.000000924. The molecule has 7 heteroatoms. The van der Waals surface area contributed by atoms with Gasteiger partial charge in [0.2, 0.25) is 0 Å². The van der Waals surface area contributed by atoms with Crippen LogP contribution in [0.2, 0.25) is 0 Å². The summed E-state index contributed by atoms with van der Waals surface area (Å²) in [6.07, 6.45) is -1.26. The third-order valence-electron chi connectivity index (χ3n) is 3.58. The van der Waals surface area contributed by atoms with Crippen molar-refractivity contribution in [3.63, 3.8) is 0 Å². The van der Waals surface area contributed by atoms with Crippen molar-refractivity contribution in [1.29, 1.82) is 0 Å². The number of fused-ring (bicyclic) bond motifs is 1. The first kappa shape index (κ1) is 17.6. The zero-order valence-electron chi connectivity index (χ0n) is 12.7. The molecule has 0 amide bonds. The van der Waals surface area contributed by atoms with Crippen LogP contribution >= 0.6 is 15.9 Å².